The summed E-state index contributed by atoms with van der Waals surface area (Å²) in [5.74, 6) is 0. The summed E-state index contributed by atoms with van der Waals surface area (Å²) in [6, 6.07) is 3.13. The third-order valence-corrected chi connectivity index (χ3v) is 2.87. The van der Waals surface area contributed by atoms with Crippen LogP contribution in [-0.4, -0.2) is 4.92 Å². The van der Waals surface area contributed by atoms with Crippen molar-refractivity contribution >= 4 is 29.6 Å². The van der Waals surface area contributed by atoms with Crippen LogP contribution in [0.3, 0.4) is 0 Å². The monoisotopic (exact) mass is 272 g/mol. The minimum atomic E-state index is -0.467. The molecule has 1 aromatic carbocycles. The van der Waals surface area contributed by atoms with Crippen LogP contribution >= 0.6 is 12.6 Å². The van der Waals surface area contributed by atoms with Crippen LogP contribution in [0.4, 0.5) is 11.4 Å². The highest BCUT2D eigenvalue weighted by molar-refractivity contribution is 7.80. The topological polar surface area (TPSA) is 69.2 Å². The van der Waals surface area contributed by atoms with Gasteiger partial charge in [0.15, 0.2) is 0 Å². The quantitative estimate of drug-likeness (QED) is 0.374. The second-order valence-corrected chi connectivity index (χ2v) is 4.46. The third-order valence-electron chi connectivity index (χ3n) is 2.61. The summed E-state index contributed by atoms with van der Waals surface area (Å²) >= 11 is 4.22. The number of nitrogens with two attached hydrogens (primary N) is 1. The molecule has 0 spiro atoms. The molecule has 0 bridgehead atoms. The van der Waals surface area contributed by atoms with Crippen molar-refractivity contribution in [1.29, 1.82) is 0 Å². The lowest BCUT2D eigenvalue weighted by Gasteiger charge is -2.08. The number of nitro groups is 1. The maximum atomic E-state index is 11.2. The Morgan fingerprint density at radius 1 is 1.11 bits per heavy atom. The first-order chi connectivity index (χ1) is 9.09. The fourth-order valence-electron chi connectivity index (χ4n) is 1.81. The molecule has 2 rings (SSSR count). The third kappa shape index (κ3) is 2.95. The van der Waals surface area contributed by atoms with Gasteiger partial charge < -0.3 is 5.73 Å². The molecule has 5 heteroatoms. The number of rotatable bonds is 2. The van der Waals surface area contributed by atoms with Gasteiger partial charge in [-0.1, -0.05) is 42.5 Å². The van der Waals surface area contributed by atoms with Gasteiger partial charge in [0.05, 0.1) is 10.5 Å². The minimum Gasteiger partial charge on any atom is -0.393 e. The lowest BCUT2D eigenvalue weighted by Crippen LogP contribution is -2.00. The summed E-state index contributed by atoms with van der Waals surface area (Å²) in [7, 11) is 0. The van der Waals surface area contributed by atoms with E-state index < -0.39 is 4.92 Å². The molecule has 0 atom stereocenters. The molecule has 0 fully saturated rings. The van der Waals surface area contributed by atoms with Crippen LogP contribution in [0.5, 0.6) is 0 Å². The maximum absolute atomic E-state index is 11.2. The highest BCUT2D eigenvalue weighted by atomic mass is 32.1. The lowest BCUT2D eigenvalue weighted by atomic mass is 10.0. The fourth-order valence-corrected chi connectivity index (χ4v) is 2.08. The molecule has 4 nitrogen and oxygen atoms in total. The van der Waals surface area contributed by atoms with E-state index in [1.807, 2.05) is 30.4 Å². The summed E-state index contributed by atoms with van der Waals surface area (Å²) in [4.78, 5) is 11.3. The van der Waals surface area contributed by atoms with Gasteiger partial charge in [0.25, 0.3) is 5.69 Å². The zero-order valence-corrected chi connectivity index (χ0v) is 10.9. The first kappa shape index (κ1) is 13.2. The Kier molecular flexibility index (Phi) is 3.87. The van der Waals surface area contributed by atoms with Crippen molar-refractivity contribution in [2.24, 2.45) is 0 Å². The van der Waals surface area contributed by atoms with Gasteiger partial charge in [-0.05, 0) is 17.7 Å². The molecule has 0 amide bonds. The van der Waals surface area contributed by atoms with Crippen LogP contribution in [-0.2, 0) is 0 Å². The number of anilines is 1. The summed E-state index contributed by atoms with van der Waals surface area (Å²) in [5.41, 5.74) is 6.93. The van der Waals surface area contributed by atoms with E-state index >= 15 is 0 Å². The summed E-state index contributed by atoms with van der Waals surface area (Å²) in [6.07, 6.45) is 12.8. The predicted molar refractivity (Wildman–Crippen MR) is 80.2 cm³/mol. The fraction of sp³-hybridized carbons (Fsp3) is 0. The molecule has 19 heavy (non-hydrogen) atoms. The second-order valence-electron chi connectivity index (χ2n) is 3.94. The first-order valence-electron chi connectivity index (χ1n) is 5.58. The Bertz CT molecular complexity index is 643. The normalized spacial score (nSPS) is 21.6. The average Bonchev–Trinajstić information content (AvgIpc) is 2.26. The van der Waals surface area contributed by atoms with E-state index in [-0.39, 0.29) is 11.4 Å². The largest absolute Gasteiger partial charge is 0.393 e. The van der Waals surface area contributed by atoms with Gasteiger partial charge >= 0.3 is 0 Å². The van der Waals surface area contributed by atoms with Gasteiger partial charge in [-0.2, -0.15) is 0 Å². The van der Waals surface area contributed by atoms with Crippen LogP contribution in [0, 0.1) is 10.1 Å². The minimum absolute atomic E-state index is 0.0911. The molecule has 1 aromatic rings. The molecule has 0 radical (unpaired) electrons. The van der Waals surface area contributed by atoms with Gasteiger partial charge in [0, 0.05) is 4.90 Å². The van der Waals surface area contributed by atoms with E-state index in [9.17, 15) is 10.1 Å². The average molecular weight is 272 g/mol. The Balaban J connectivity index is 2.64. The number of nitrogens with zero attached hydrogens (tertiary/aromatic N) is 1. The standard InChI is InChI=1S/C14H12N2O2S/c15-13-9-11(19)8-12(14(13)16(17)18)10-6-4-2-1-3-5-7-10/h1-9,19H,15H2/b2-1-,3-1?,4-2?,5-3-,6-4-,7-5?,10-6?,10-7+. The number of nitrogen functional groups attached to an aromatic ring is 1. The molecule has 1 aliphatic carbocycles. The van der Waals surface area contributed by atoms with Crippen LogP contribution in [0.15, 0.2) is 59.6 Å². The van der Waals surface area contributed by atoms with Crippen molar-refractivity contribution in [3.8, 4) is 0 Å². The van der Waals surface area contributed by atoms with Crippen LogP contribution in [0.25, 0.3) is 5.57 Å². The van der Waals surface area contributed by atoms with Crippen molar-refractivity contribution in [1.82, 2.24) is 0 Å². The predicted octanol–water partition coefficient (Wildman–Crippen LogP) is 3.53. The molecule has 0 saturated heterocycles. The molecule has 0 aromatic heterocycles. The number of allylic oxidation sites excluding steroid dienone is 8. The molecule has 2 N–H and O–H groups in total. The second kappa shape index (κ2) is 5.58. The number of hydrogen-bond donors (Lipinski definition) is 2. The van der Waals surface area contributed by atoms with E-state index in [4.69, 9.17) is 5.73 Å². The van der Waals surface area contributed by atoms with Crippen molar-refractivity contribution in [3.63, 3.8) is 0 Å². The highest BCUT2D eigenvalue weighted by Gasteiger charge is 2.20. The Hall–Kier alpha value is -2.27. The molecule has 0 heterocycles. The summed E-state index contributed by atoms with van der Waals surface area (Å²) < 4.78 is 0. The summed E-state index contributed by atoms with van der Waals surface area (Å²) in [6.45, 7) is 0. The van der Waals surface area contributed by atoms with Crippen molar-refractivity contribution < 1.29 is 4.92 Å². The number of thiol groups is 1. The van der Waals surface area contributed by atoms with Gasteiger partial charge in [-0.3, -0.25) is 10.1 Å². The molecule has 0 saturated carbocycles. The zero-order valence-electron chi connectivity index (χ0n) is 9.98. The van der Waals surface area contributed by atoms with E-state index in [0.717, 1.165) is 5.57 Å². The smallest absolute Gasteiger partial charge is 0.299 e. The van der Waals surface area contributed by atoms with Gasteiger partial charge in [0.2, 0.25) is 0 Å². The molecule has 96 valence electrons. The molecule has 0 unspecified atom stereocenters. The van der Waals surface area contributed by atoms with E-state index in [1.165, 1.54) is 6.07 Å². The number of hydrogen-bond acceptors (Lipinski definition) is 4. The Morgan fingerprint density at radius 3 is 2.53 bits per heavy atom. The van der Waals surface area contributed by atoms with E-state index in [2.05, 4.69) is 12.6 Å². The summed E-state index contributed by atoms with van der Waals surface area (Å²) in [5, 5.41) is 11.2. The van der Waals surface area contributed by atoms with Crippen LogP contribution in [0.1, 0.15) is 5.56 Å². The lowest BCUT2D eigenvalue weighted by molar-refractivity contribution is -0.384. The first-order valence-corrected chi connectivity index (χ1v) is 6.03. The highest BCUT2D eigenvalue weighted by Crippen LogP contribution is 2.34. The van der Waals surface area contributed by atoms with Crippen molar-refractivity contribution in [2.45, 2.75) is 4.90 Å². The molecule has 1 aliphatic rings. The number of nitro benzene ring substituents is 1. The Morgan fingerprint density at radius 2 is 1.79 bits per heavy atom. The maximum Gasteiger partial charge on any atom is 0.299 e. The van der Waals surface area contributed by atoms with Crippen molar-refractivity contribution in [3.05, 3.63) is 70.3 Å². The Labute approximate surface area is 116 Å². The molecular weight excluding hydrogens is 260 g/mol. The molecular formula is C14H12N2O2S. The zero-order chi connectivity index (χ0) is 13.8. The SMILES string of the molecule is Nc1cc(S)cc(C2=C/C=C\C=C/C=C\2)c1[N+](=O)[O-]. The van der Waals surface area contributed by atoms with Gasteiger partial charge in [-0.25, -0.2) is 0 Å². The van der Waals surface area contributed by atoms with Crippen LogP contribution in [0.2, 0.25) is 0 Å². The number of benzene rings is 1. The van der Waals surface area contributed by atoms with E-state index in [0.29, 0.717) is 10.5 Å². The van der Waals surface area contributed by atoms with Gasteiger partial charge in [-0.15, -0.1) is 12.6 Å². The molecule has 0 aliphatic heterocycles. The van der Waals surface area contributed by atoms with Gasteiger partial charge in [0.1, 0.15) is 5.69 Å². The van der Waals surface area contributed by atoms with Crippen LogP contribution < -0.4 is 5.73 Å². The van der Waals surface area contributed by atoms with E-state index in [1.54, 1.807) is 18.2 Å². The van der Waals surface area contributed by atoms with Crippen molar-refractivity contribution in [2.75, 3.05) is 5.73 Å².